The molecule has 0 bridgehead atoms. The summed E-state index contributed by atoms with van der Waals surface area (Å²) in [6.07, 6.45) is 0. The van der Waals surface area contributed by atoms with Crippen molar-refractivity contribution in [3.05, 3.63) is 0 Å². The molecule has 4 nitrogen and oxygen atoms in total. The van der Waals surface area contributed by atoms with Crippen LogP contribution in [0.2, 0.25) is 0 Å². The van der Waals surface area contributed by atoms with E-state index in [1.807, 2.05) is 0 Å². The summed E-state index contributed by atoms with van der Waals surface area (Å²) in [4.78, 5) is 25.6. The fourth-order valence-electron chi connectivity index (χ4n) is 0. The number of halogens is 1. The topological polar surface area (TPSA) is 86.2 Å². The zero-order chi connectivity index (χ0) is 4.50. The van der Waals surface area contributed by atoms with E-state index in [-0.39, 0.29) is 30.9 Å². The van der Waals surface area contributed by atoms with Crippen LogP contribution in [-0.2, 0) is 30.8 Å². The molecule has 40 valence electrons. The van der Waals surface area contributed by atoms with E-state index in [9.17, 15) is 0 Å². The molecule has 7 heavy (non-hydrogen) atoms. The molecule has 0 saturated carbocycles. The van der Waals surface area contributed by atoms with Crippen molar-refractivity contribution in [2.45, 2.75) is 0 Å². The quantitative estimate of drug-likeness (QED) is 0.369. The molecule has 0 amide bonds. The van der Waals surface area contributed by atoms with E-state index in [0.717, 1.165) is 0 Å². The maximum atomic E-state index is 8.55. The molecular formula is FO4PZr. The Morgan fingerprint density at radius 3 is 1.14 bits per heavy atom. The van der Waals surface area contributed by atoms with Crippen LogP contribution in [0.15, 0.2) is 0 Å². The summed E-state index contributed by atoms with van der Waals surface area (Å²) in [6.45, 7) is 0. The molecule has 0 aromatic rings. The van der Waals surface area contributed by atoms with Crippen LogP contribution in [-0.4, -0.2) is 0 Å². The van der Waals surface area contributed by atoms with Gasteiger partial charge in [-0.2, -0.15) is 7.82 Å². The van der Waals surface area contributed by atoms with Gasteiger partial charge in [0.15, 0.2) is 0 Å². The molecule has 0 atom stereocenters. The van der Waals surface area contributed by atoms with E-state index in [4.69, 9.17) is 19.2 Å². The number of hydrogen-bond acceptors (Lipinski definition) is 4. The van der Waals surface area contributed by atoms with Gasteiger partial charge in [-0.15, -0.1) is 0 Å². The standard InChI is InChI=1S/FH.H3O4P.Zr/c;1-5(2,3)4;/h1H;(H3,1,2,3,4);/q;;+4/p-4. The normalized spacial score (nSPS) is 8.43. The Bertz CT molecular complexity index is 57.8. The van der Waals surface area contributed by atoms with Crippen molar-refractivity contribution in [1.29, 1.82) is 0 Å². The second-order valence-corrected chi connectivity index (χ2v) is 1.34. The van der Waals surface area contributed by atoms with Crippen LogP contribution in [0.3, 0.4) is 0 Å². The van der Waals surface area contributed by atoms with Gasteiger partial charge < -0.3 is 23.9 Å². The third kappa shape index (κ3) is 197. The van der Waals surface area contributed by atoms with Gasteiger partial charge >= 0.3 is 26.2 Å². The molecule has 0 spiro atoms. The van der Waals surface area contributed by atoms with E-state index in [0.29, 0.717) is 0 Å². The van der Waals surface area contributed by atoms with Gasteiger partial charge in [0.05, 0.1) is 0 Å². The van der Waals surface area contributed by atoms with Crippen LogP contribution in [0.4, 0.5) is 0 Å². The summed E-state index contributed by atoms with van der Waals surface area (Å²) in [5.41, 5.74) is 0. The van der Waals surface area contributed by atoms with Crippen LogP contribution in [0.5, 0.6) is 0 Å². The predicted molar refractivity (Wildman–Crippen MR) is 7.61 cm³/mol. The number of hydrogen-bond donors (Lipinski definition) is 0. The molecule has 0 saturated heterocycles. The van der Waals surface area contributed by atoms with Crippen molar-refractivity contribution in [1.82, 2.24) is 0 Å². The summed E-state index contributed by atoms with van der Waals surface area (Å²) in [6, 6.07) is 0. The second kappa shape index (κ2) is 5.07. The second-order valence-electron chi connectivity index (χ2n) is 0.447. The van der Waals surface area contributed by atoms with Crippen molar-refractivity contribution in [2.24, 2.45) is 0 Å². The molecule has 0 N–H and O–H groups in total. The van der Waals surface area contributed by atoms with Crippen molar-refractivity contribution in [2.75, 3.05) is 0 Å². The van der Waals surface area contributed by atoms with Gasteiger partial charge in [0.1, 0.15) is 0 Å². The van der Waals surface area contributed by atoms with E-state index >= 15 is 0 Å². The SMILES string of the molecule is O=P([O-])([O-])[O-].[F-].[Zr+4]. The van der Waals surface area contributed by atoms with Crippen molar-refractivity contribution < 1.29 is 50.2 Å². The monoisotopic (exact) mass is 204 g/mol. The molecule has 0 aromatic heterocycles. The van der Waals surface area contributed by atoms with Crippen LogP contribution < -0.4 is 19.4 Å². The zero-order valence-electron chi connectivity index (χ0n) is 2.96. The fourth-order valence-corrected chi connectivity index (χ4v) is 0. The average molecular weight is 205 g/mol. The van der Waals surface area contributed by atoms with Crippen molar-refractivity contribution in [3.63, 3.8) is 0 Å². The Balaban J connectivity index is -0.0000000800. The molecule has 0 aliphatic heterocycles. The summed E-state index contributed by atoms with van der Waals surface area (Å²) in [5, 5.41) is 0. The summed E-state index contributed by atoms with van der Waals surface area (Å²) in [7, 11) is -5.39. The minimum absolute atomic E-state index is 0. The molecule has 0 fully saturated rings. The van der Waals surface area contributed by atoms with E-state index in [2.05, 4.69) is 0 Å². The minimum atomic E-state index is -5.39. The summed E-state index contributed by atoms with van der Waals surface area (Å²) in [5.74, 6) is 0. The first kappa shape index (κ1) is 15.7. The predicted octanol–water partition coefficient (Wildman–Crippen LogP) is -5.82. The maximum Gasteiger partial charge on any atom is 4.00 e. The van der Waals surface area contributed by atoms with Gasteiger partial charge in [0, 0.05) is 0 Å². The first-order chi connectivity index (χ1) is 2.00. The maximum absolute atomic E-state index is 8.55. The van der Waals surface area contributed by atoms with Crippen LogP contribution in [0.1, 0.15) is 0 Å². The average Bonchev–Trinajstić information content (AvgIpc) is 0.722. The molecule has 0 aliphatic rings. The van der Waals surface area contributed by atoms with Gasteiger partial charge in [-0.1, -0.05) is 0 Å². The minimum Gasteiger partial charge on any atom is -1.00 e. The molecule has 0 aromatic carbocycles. The zero-order valence-corrected chi connectivity index (χ0v) is 6.31. The van der Waals surface area contributed by atoms with Gasteiger partial charge in [-0.05, 0) is 0 Å². The molecule has 0 aliphatic carbocycles. The van der Waals surface area contributed by atoms with Gasteiger partial charge in [-0.3, -0.25) is 0 Å². The van der Waals surface area contributed by atoms with Crippen LogP contribution >= 0.6 is 7.82 Å². The van der Waals surface area contributed by atoms with Gasteiger partial charge in [-0.25, -0.2) is 0 Å². The summed E-state index contributed by atoms with van der Waals surface area (Å²) < 4.78 is 8.55. The Hall–Kier alpha value is 0.923. The van der Waals surface area contributed by atoms with Crippen molar-refractivity contribution >= 4 is 7.82 Å². The first-order valence-electron chi connectivity index (χ1n) is 0.730. The number of rotatable bonds is 0. The van der Waals surface area contributed by atoms with Crippen LogP contribution in [0, 0.1) is 0 Å². The Kier molecular flexibility index (Phi) is 11.3. The Morgan fingerprint density at radius 1 is 1.14 bits per heavy atom. The Morgan fingerprint density at radius 2 is 1.14 bits per heavy atom. The smallest absolute Gasteiger partial charge is 1.00 e. The molecule has 7 heteroatoms. The third-order valence-electron chi connectivity index (χ3n) is 0. The van der Waals surface area contributed by atoms with Gasteiger partial charge in [0.2, 0.25) is 0 Å². The fraction of sp³-hybridized carbons (Fsp3) is 0. The molecule has 0 radical (unpaired) electrons. The molecule has 0 unspecified atom stereocenters. The number of phosphoric acid groups is 1. The molecular weight excluding hydrogens is 205 g/mol. The van der Waals surface area contributed by atoms with E-state index < -0.39 is 7.82 Å². The molecule has 0 rings (SSSR count). The third-order valence-corrected chi connectivity index (χ3v) is 0. The van der Waals surface area contributed by atoms with Crippen LogP contribution in [0.25, 0.3) is 0 Å². The van der Waals surface area contributed by atoms with Gasteiger partial charge in [0.25, 0.3) is 0 Å². The van der Waals surface area contributed by atoms with Crippen molar-refractivity contribution in [3.8, 4) is 0 Å². The Labute approximate surface area is 58.3 Å². The first-order valence-corrected chi connectivity index (χ1v) is 2.19. The molecule has 0 heterocycles. The van der Waals surface area contributed by atoms with E-state index in [1.165, 1.54) is 0 Å². The largest absolute Gasteiger partial charge is 4.00 e. The van der Waals surface area contributed by atoms with E-state index in [1.54, 1.807) is 0 Å². The summed E-state index contributed by atoms with van der Waals surface area (Å²) >= 11 is 0.